The minimum Gasteiger partial charge on any atom is -0.484 e. The highest BCUT2D eigenvalue weighted by molar-refractivity contribution is 6.32. The van der Waals surface area contributed by atoms with Gasteiger partial charge in [0.05, 0.1) is 11.1 Å². The fourth-order valence-corrected chi connectivity index (χ4v) is 2.00. The fourth-order valence-electron chi connectivity index (χ4n) is 1.81. The molecule has 2 aromatic rings. The molecule has 1 amide bonds. The average molecular weight is 348 g/mol. The van der Waals surface area contributed by atoms with Gasteiger partial charge in [0.1, 0.15) is 10.8 Å². The smallest absolute Gasteiger partial charge is 0.288 e. The van der Waals surface area contributed by atoms with E-state index in [0.29, 0.717) is 11.3 Å². The van der Waals surface area contributed by atoms with E-state index in [0.717, 1.165) is 5.56 Å². The fraction of sp³-hybridized carbons (Fsp3) is 0.125. The summed E-state index contributed by atoms with van der Waals surface area (Å²) in [4.78, 5) is 21.8. The first-order valence-electron chi connectivity index (χ1n) is 6.91. The number of halogens is 1. The number of hydrazone groups is 1. The Kier molecular flexibility index (Phi) is 5.86. The van der Waals surface area contributed by atoms with Crippen molar-refractivity contribution >= 4 is 29.4 Å². The number of carbonyl (C=O) groups excluding carboxylic acids is 1. The third-order valence-corrected chi connectivity index (χ3v) is 3.25. The molecular formula is C16H14ClN3O4. The summed E-state index contributed by atoms with van der Waals surface area (Å²) in [6, 6.07) is 11.5. The predicted molar refractivity (Wildman–Crippen MR) is 90.5 cm³/mol. The normalized spacial score (nSPS) is 10.6. The highest BCUT2D eigenvalue weighted by atomic mass is 35.5. The zero-order valence-corrected chi connectivity index (χ0v) is 13.5. The number of nitro groups is 1. The van der Waals surface area contributed by atoms with Gasteiger partial charge in [0.2, 0.25) is 0 Å². The van der Waals surface area contributed by atoms with E-state index in [-0.39, 0.29) is 17.3 Å². The summed E-state index contributed by atoms with van der Waals surface area (Å²) in [5.74, 6) is 0.138. The lowest BCUT2D eigenvalue weighted by Crippen LogP contribution is -2.24. The van der Waals surface area contributed by atoms with Crippen molar-refractivity contribution in [3.8, 4) is 5.75 Å². The lowest BCUT2D eigenvalue weighted by Gasteiger charge is -2.05. The maximum atomic E-state index is 11.6. The van der Waals surface area contributed by atoms with Gasteiger partial charge in [-0.15, -0.1) is 0 Å². The minimum absolute atomic E-state index is 0.0349. The molecule has 0 radical (unpaired) electrons. The molecule has 0 spiro atoms. The average Bonchev–Trinajstić information content (AvgIpc) is 2.54. The molecule has 0 aromatic heterocycles. The van der Waals surface area contributed by atoms with Gasteiger partial charge in [-0.1, -0.05) is 29.8 Å². The van der Waals surface area contributed by atoms with Gasteiger partial charge in [0.25, 0.3) is 11.6 Å². The number of nitrogens with zero attached hydrogens (tertiary/aromatic N) is 2. The molecule has 0 heterocycles. The highest BCUT2D eigenvalue weighted by Gasteiger charge is 2.11. The van der Waals surface area contributed by atoms with Crippen molar-refractivity contribution in [3.63, 3.8) is 0 Å². The number of hydrogen-bond acceptors (Lipinski definition) is 5. The Morgan fingerprint density at radius 3 is 2.88 bits per heavy atom. The Labute approximate surface area is 143 Å². The van der Waals surface area contributed by atoms with E-state index in [1.54, 1.807) is 12.1 Å². The largest absolute Gasteiger partial charge is 0.484 e. The van der Waals surface area contributed by atoms with E-state index in [1.165, 1.54) is 18.3 Å². The molecule has 0 unspecified atom stereocenters. The molecule has 0 aliphatic heterocycles. The first kappa shape index (κ1) is 17.4. The molecule has 0 aliphatic rings. The van der Waals surface area contributed by atoms with E-state index in [1.807, 2.05) is 25.1 Å². The van der Waals surface area contributed by atoms with Crippen LogP contribution in [0.5, 0.6) is 5.75 Å². The van der Waals surface area contributed by atoms with Gasteiger partial charge in [0, 0.05) is 11.6 Å². The first-order valence-corrected chi connectivity index (χ1v) is 7.29. The van der Waals surface area contributed by atoms with Crippen molar-refractivity contribution in [1.82, 2.24) is 5.43 Å². The zero-order valence-electron chi connectivity index (χ0n) is 12.7. The second-order valence-electron chi connectivity index (χ2n) is 4.87. The summed E-state index contributed by atoms with van der Waals surface area (Å²) in [5.41, 5.74) is 3.51. The van der Waals surface area contributed by atoms with Crippen molar-refractivity contribution in [2.45, 2.75) is 6.92 Å². The van der Waals surface area contributed by atoms with Crippen molar-refractivity contribution in [3.05, 3.63) is 68.7 Å². The van der Waals surface area contributed by atoms with Crippen LogP contribution in [-0.2, 0) is 4.79 Å². The number of benzene rings is 2. The quantitative estimate of drug-likeness (QED) is 0.493. The lowest BCUT2D eigenvalue weighted by atomic mass is 10.2. The van der Waals surface area contributed by atoms with Gasteiger partial charge in [-0.3, -0.25) is 14.9 Å². The van der Waals surface area contributed by atoms with Crippen LogP contribution in [0.15, 0.2) is 47.6 Å². The van der Waals surface area contributed by atoms with Crippen molar-refractivity contribution in [1.29, 1.82) is 0 Å². The van der Waals surface area contributed by atoms with Crippen molar-refractivity contribution in [2.24, 2.45) is 5.10 Å². The van der Waals surface area contributed by atoms with Gasteiger partial charge >= 0.3 is 0 Å². The summed E-state index contributed by atoms with van der Waals surface area (Å²) >= 11 is 5.71. The molecule has 2 rings (SSSR count). The summed E-state index contributed by atoms with van der Waals surface area (Å²) < 4.78 is 5.32. The molecule has 0 saturated heterocycles. The van der Waals surface area contributed by atoms with Gasteiger partial charge < -0.3 is 4.74 Å². The van der Waals surface area contributed by atoms with E-state index in [9.17, 15) is 14.9 Å². The van der Waals surface area contributed by atoms with E-state index in [4.69, 9.17) is 16.3 Å². The molecule has 0 bridgehead atoms. The van der Waals surface area contributed by atoms with Crippen LogP contribution in [0.1, 0.15) is 11.1 Å². The molecule has 7 nitrogen and oxygen atoms in total. The first-order chi connectivity index (χ1) is 11.5. The van der Waals surface area contributed by atoms with Gasteiger partial charge in [-0.05, 0) is 30.7 Å². The van der Waals surface area contributed by atoms with Crippen LogP contribution in [0.4, 0.5) is 5.69 Å². The number of ether oxygens (including phenoxy) is 1. The number of rotatable bonds is 6. The molecular weight excluding hydrogens is 334 g/mol. The predicted octanol–water partition coefficient (Wildman–Crippen LogP) is 3.09. The second kappa shape index (κ2) is 8.07. The van der Waals surface area contributed by atoms with Gasteiger partial charge in [-0.25, -0.2) is 5.43 Å². The number of nitro benzene ring substituents is 1. The standard InChI is InChI=1S/C16H14ClN3O4/c1-11-3-2-4-13(7-11)24-10-16(21)19-18-9-12-5-6-14(17)15(8-12)20(22)23/h2-9H,10H2,1H3,(H,19,21). The minimum atomic E-state index is -0.589. The SMILES string of the molecule is Cc1cccc(OCC(=O)NN=Cc2ccc(Cl)c([N+](=O)[O-])c2)c1. The maximum absolute atomic E-state index is 11.6. The topological polar surface area (TPSA) is 93.8 Å². The van der Waals surface area contributed by atoms with Crippen LogP contribution in [0.2, 0.25) is 5.02 Å². The molecule has 1 N–H and O–H groups in total. The highest BCUT2D eigenvalue weighted by Crippen LogP contribution is 2.24. The van der Waals surface area contributed by atoms with Gasteiger partial charge in [0.15, 0.2) is 6.61 Å². The maximum Gasteiger partial charge on any atom is 0.288 e. The summed E-state index contributed by atoms with van der Waals surface area (Å²) in [7, 11) is 0. The molecule has 0 atom stereocenters. The third-order valence-electron chi connectivity index (χ3n) is 2.93. The van der Waals surface area contributed by atoms with Crippen molar-refractivity contribution < 1.29 is 14.5 Å². The summed E-state index contributed by atoms with van der Waals surface area (Å²) in [6.07, 6.45) is 1.29. The Morgan fingerprint density at radius 1 is 1.38 bits per heavy atom. The summed E-state index contributed by atoms with van der Waals surface area (Å²) in [5, 5.41) is 14.6. The number of nitrogens with one attached hydrogen (secondary N) is 1. The number of amides is 1. The van der Waals surface area contributed by atoms with Crippen LogP contribution >= 0.6 is 11.6 Å². The van der Waals surface area contributed by atoms with E-state index in [2.05, 4.69) is 10.5 Å². The van der Waals surface area contributed by atoms with E-state index >= 15 is 0 Å². The molecule has 0 fully saturated rings. The Balaban J connectivity index is 1.88. The van der Waals surface area contributed by atoms with Gasteiger partial charge in [-0.2, -0.15) is 5.10 Å². The molecule has 124 valence electrons. The Morgan fingerprint density at radius 2 is 2.17 bits per heavy atom. The molecule has 8 heteroatoms. The van der Waals surface area contributed by atoms with Crippen LogP contribution in [0.25, 0.3) is 0 Å². The second-order valence-corrected chi connectivity index (χ2v) is 5.27. The van der Waals surface area contributed by atoms with Crippen molar-refractivity contribution in [2.75, 3.05) is 6.61 Å². The molecule has 2 aromatic carbocycles. The summed E-state index contributed by atoms with van der Waals surface area (Å²) in [6.45, 7) is 1.73. The number of hydrogen-bond donors (Lipinski definition) is 1. The third kappa shape index (κ3) is 5.06. The number of carbonyl (C=O) groups is 1. The molecule has 24 heavy (non-hydrogen) atoms. The Bertz CT molecular complexity index is 793. The lowest BCUT2D eigenvalue weighted by molar-refractivity contribution is -0.384. The van der Waals surface area contributed by atoms with Crippen LogP contribution in [-0.4, -0.2) is 23.7 Å². The molecule has 0 aliphatic carbocycles. The van der Waals surface area contributed by atoms with Crippen LogP contribution in [0, 0.1) is 17.0 Å². The van der Waals surface area contributed by atoms with Crippen LogP contribution in [0.3, 0.4) is 0 Å². The van der Waals surface area contributed by atoms with Crippen LogP contribution < -0.4 is 10.2 Å². The molecule has 0 saturated carbocycles. The van der Waals surface area contributed by atoms with E-state index < -0.39 is 10.8 Å². The zero-order chi connectivity index (χ0) is 17.5. The number of aryl methyl sites for hydroxylation is 1. The Hall–Kier alpha value is -2.93. The monoisotopic (exact) mass is 347 g/mol.